The largest absolute Gasteiger partial charge is 0.491 e. The Labute approximate surface area is 128 Å². The third-order valence-corrected chi connectivity index (χ3v) is 5.07. The first-order valence-electron chi connectivity index (χ1n) is 7.09. The molecule has 3 aromatic rings. The second-order valence-corrected chi connectivity index (χ2v) is 6.28. The number of nitrogens with zero attached hydrogens (tertiary/aromatic N) is 1. The third kappa shape index (κ3) is 2.49. The van der Waals surface area contributed by atoms with E-state index in [-0.39, 0.29) is 0 Å². The predicted molar refractivity (Wildman–Crippen MR) is 87.1 cm³/mol. The molecule has 3 heteroatoms. The van der Waals surface area contributed by atoms with E-state index in [0.717, 1.165) is 22.4 Å². The van der Waals surface area contributed by atoms with E-state index in [1.165, 1.54) is 10.5 Å². The Hall–Kier alpha value is -2.00. The van der Waals surface area contributed by atoms with Crippen molar-refractivity contribution < 1.29 is 4.74 Å². The summed E-state index contributed by atoms with van der Waals surface area (Å²) in [5.41, 5.74) is 2.42. The molecule has 0 amide bonds. The lowest BCUT2D eigenvalue weighted by Gasteiger charge is -2.12. The van der Waals surface area contributed by atoms with E-state index < -0.39 is 0 Å². The molecule has 21 heavy (non-hydrogen) atoms. The molecule has 104 valence electrons. The Morgan fingerprint density at radius 2 is 1.95 bits per heavy atom. The van der Waals surface area contributed by atoms with Gasteiger partial charge in [-0.15, -0.1) is 11.8 Å². The molecule has 0 saturated carbocycles. The summed E-state index contributed by atoms with van der Waals surface area (Å²) in [5, 5.41) is 1.12. The molecule has 0 aliphatic carbocycles. The summed E-state index contributed by atoms with van der Waals surface area (Å²) in [6, 6.07) is 18.8. The Bertz CT molecular complexity index is 787. The molecule has 2 heterocycles. The van der Waals surface area contributed by atoms with Crippen LogP contribution in [-0.2, 0) is 0 Å². The number of ether oxygens (including phenoxy) is 1. The topological polar surface area (TPSA) is 22.1 Å². The molecule has 0 N–H and O–H groups in total. The van der Waals surface area contributed by atoms with Gasteiger partial charge in [-0.3, -0.25) is 4.98 Å². The Balaban J connectivity index is 1.51. The zero-order chi connectivity index (χ0) is 14.1. The Kier molecular flexibility index (Phi) is 3.28. The number of fused-ring (bicyclic) bond motifs is 2. The van der Waals surface area contributed by atoms with Gasteiger partial charge in [-0.2, -0.15) is 0 Å². The molecule has 0 saturated heterocycles. The molecule has 0 spiro atoms. The van der Waals surface area contributed by atoms with Crippen molar-refractivity contribution in [1.82, 2.24) is 4.98 Å². The molecule has 0 bridgehead atoms. The Morgan fingerprint density at radius 3 is 2.95 bits per heavy atom. The standard InChI is InChI=1S/C18H15NOS/c1-3-7-17-13(5-1)9-15(10-19-17)20-11-14-12-21-18-8-4-2-6-16(14)18/h1-10,14H,11-12H2. The molecule has 2 nitrogen and oxygen atoms in total. The maximum Gasteiger partial charge on any atom is 0.138 e. The van der Waals surface area contributed by atoms with Crippen LogP contribution >= 0.6 is 11.8 Å². The average Bonchev–Trinajstić information content (AvgIpc) is 2.96. The minimum Gasteiger partial charge on any atom is -0.491 e. The molecule has 1 atom stereocenters. The van der Waals surface area contributed by atoms with Gasteiger partial charge >= 0.3 is 0 Å². The molecule has 1 unspecified atom stereocenters. The van der Waals surface area contributed by atoms with Crippen LogP contribution in [0.4, 0.5) is 0 Å². The summed E-state index contributed by atoms with van der Waals surface area (Å²) in [6.07, 6.45) is 1.82. The summed E-state index contributed by atoms with van der Waals surface area (Å²) >= 11 is 1.92. The number of hydrogen-bond donors (Lipinski definition) is 0. The number of aromatic nitrogens is 1. The van der Waals surface area contributed by atoms with Gasteiger partial charge in [0.1, 0.15) is 5.75 Å². The summed E-state index contributed by atoms with van der Waals surface area (Å²) in [6.45, 7) is 0.712. The first kappa shape index (κ1) is 12.7. The fourth-order valence-electron chi connectivity index (χ4n) is 2.69. The van der Waals surface area contributed by atoms with Gasteiger partial charge in [0.25, 0.3) is 0 Å². The van der Waals surface area contributed by atoms with Crippen LogP contribution in [0.2, 0.25) is 0 Å². The van der Waals surface area contributed by atoms with Crippen LogP contribution in [0.15, 0.2) is 65.7 Å². The zero-order valence-corrected chi connectivity index (χ0v) is 12.3. The molecule has 1 aliphatic heterocycles. The molecular formula is C18H15NOS. The molecule has 1 aliphatic rings. The van der Waals surface area contributed by atoms with Gasteiger partial charge < -0.3 is 4.74 Å². The van der Waals surface area contributed by atoms with Gasteiger partial charge in [-0.1, -0.05) is 36.4 Å². The number of thioether (sulfide) groups is 1. The van der Waals surface area contributed by atoms with Gasteiger partial charge in [0.2, 0.25) is 0 Å². The van der Waals surface area contributed by atoms with Crippen molar-refractivity contribution in [2.75, 3.05) is 12.4 Å². The predicted octanol–water partition coefficient (Wildman–Crippen LogP) is 4.50. The van der Waals surface area contributed by atoms with Crippen molar-refractivity contribution in [2.24, 2.45) is 0 Å². The lowest BCUT2D eigenvalue weighted by molar-refractivity contribution is 0.297. The van der Waals surface area contributed by atoms with Gasteiger partial charge in [0.05, 0.1) is 18.3 Å². The second kappa shape index (κ2) is 5.41. The van der Waals surface area contributed by atoms with Gasteiger partial charge in [-0.25, -0.2) is 0 Å². The van der Waals surface area contributed by atoms with Crippen molar-refractivity contribution in [3.8, 4) is 5.75 Å². The lowest BCUT2D eigenvalue weighted by atomic mass is 10.0. The van der Waals surface area contributed by atoms with E-state index in [1.54, 1.807) is 0 Å². The number of para-hydroxylation sites is 1. The minimum atomic E-state index is 0.470. The highest BCUT2D eigenvalue weighted by atomic mass is 32.2. The maximum atomic E-state index is 5.98. The van der Waals surface area contributed by atoms with Crippen LogP contribution in [0.3, 0.4) is 0 Å². The summed E-state index contributed by atoms with van der Waals surface area (Å²) in [5.74, 6) is 2.42. The SMILES string of the molecule is c1ccc2c(c1)SCC2COc1cnc2ccccc2c1. The van der Waals surface area contributed by atoms with E-state index >= 15 is 0 Å². The molecular weight excluding hydrogens is 278 g/mol. The van der Waals surface area contributed by atoms with Gasteiger partial charge in [0.15, 0.2) is 0 Å². The first-order chi connectivity index (χ1) is 10.4. The summed E-state index contributed by atoms with van der Waals surface area (Å²) in [7, 11) is 0. The summed E-state index contributed by atoms with van der Waals surface area (Å²) < 4.78 is 5.98. The second-order valence-electron chi connectivity index (χ2n) is 5.22. The third-order valence-electron chi connectivity index (χ3n) is 3.82. The molecule has 0 fully saturated rings. The van der Waals surface area contributed by atoms with Gasteiger partial charge in [-0.05, 0) is 23.8 Å². The average molecular weight is 293 g/mol. The van der Waals surface area contributed by atoms with E-state index in [0.29, 0.717) is 12.5 Å². The quantitative estimate of drug-likeness (QED) is 0.709. The van der Waals surface area contributed by atoms with E-state index in [2.05, 4.69) is 41.4 Å². The smallest absolute Gasteiger partial charge is 0.138 e. The van der Waals surface area contributed by atoms with Crippen molar-refractivity contribution in [3.63, 3.8) is 0 Å². The maximum absolute atomic E-state index is 5.98. The molecule has 4 rings (SSSR count). The van der Waals surface area contributed by atoms with Crippen molar-refractivity contribution in [2.45, 2.75) is 10.8 Å². The molecule has 0 radical (unpaired) electrons. The number of rotatable bonds is 3. The van der Waals surface area contributed by atoms with E-state index in [4.69, 9.17) is 4.74 Å². The number of pyridine rings is 1. The Morgan fingerprint density at radius 1 is 1.10 bits per heavy atom. The van der Waals surface area contributed by atoms with E-state index in [9.17, 15) is 0 Å². The van der Waals surface area contributed by atoms with Crippen molar-refractivity contribution >= 4 is 22.7 Å². The van der Waals surface area contributed by atoms with Crippen LogP contribution in [0, 0.1) is 0 Å². The first-order valence-corrected chi connectivity index (χ1v) is 8.08. The summed E-state index contributed by atoms with van der Waals surface area (Å²) in [4.78, 5) is 5.83. The van der Waals surface area contributed by atoms with Crippen molar-refractivity contribution in [1.29, 1.82) is 0 Å². The highest BCUT2D eigenvalue weighted by Gasteiger charge is 2.23. The van der Waals surface area contributed by atoms with Crippen LogP contribution in [0.5, 0.6) is 5.75 Å². The highest BCUT2D eigenvalue weighted by Crippen LogP contribution is 2.39. The fourth-order valence-corrected chi connectivity index (χ4v) is 3.93. The zero-order valence-electron chi connectivity index (χ0n) is 11.5. The normalized spacial score (nSPS) is 16.9. The molecule has 1 aromatic heterocycles. The van der Waals surface area contributed by atoms with Crippen LogP contribution in [0.25, 0.3) is 10.9 Å². The molecule has 2 aromatic carbocycles. The highest BCUT2D eigenvalue weighted by molar-refractivity contribution is 7.99. The number of hydrogen-bond acceptors (Lipinski definition) is 3. The van der Waals surface area contributed by atoms with Crippen LogP contribution < -0.4 is 4.74 Å². The van der Waals surface area contributed by atoms with Crippen LogP contribution in [-0.4, -0.2) is 17.3 Å². The van der Waals surface area contributed by atoms with Crippen molar-refractivity contribution in [3.05, 3.63) is 66.4 Å². The van der Waals surface area contributed by atoms with E-state index in [1.807, 2.05) is 36.2 Å². The lowest BCUT2D eigenvalue weighted by Crippen LogP contribution is -2.09. The fraction of sp³-hybridized carbons (Fsp3) is 0.167. The monoisotopic (exact) mass is 293 g/mol. The number of benzene rings is 2. The minimum absolute atomic E-state index is 0.470. The van der Waals surface area contributed by atoms with Crippen LogP contribution in [0.1, 0.15) is 11.5 Å². The van der Waals surface area contributed by atoms with Gasteiger partial charge in [0, 0.05) is 22.0 Å².